The van der Waals surface area contributed by atoms with Crippen LogP contribution in [0.2, 0.25) is 0 Å². The van der Waals surface area contributed by atoms with Crippen molar-refractivity contribution in [3.8, 4) is 0 Å². The summed E-state index contributed by atoms with van der Waals surface area (Å²) in [5.74, 6) is 2.05. The van der Waals surface area contributed by atoms with E-state index < -0.39 is 0 Å². The van der Waals surface area contributed by atoms with Crippen molar-refractivity contribution >= 4 is 5.82 Å². The van der Waals surface area contributed by atoms with Gasteiger partial charge in [0, 0.05) is 24.1 Å². The molecule has 3 N–H and O–H groups in total. The number of rotatable bonds is 3. The fourth-order valence-corrected chi connectivity index (χ4v) is 2.53. The third kappa shape index (κ3) is 2.56. The number of H-pyrrole nitrogens is 1. The summed E-state index contributed by atoms with van der Waals surface area (Å²) in [5, 5.41) is 6.84. The second kappa shape index (κ2) is 4.72. The molecule has 0 bridgehead atoms. The highest BCUT2D eigenvalue weighted by Crippen LogP contribution is 2.37. The minimum atomic E-state index is -0.0502. The minimum absolute atomic E-state index is 0.0502. The molecule has 0 radical (unpaired) electrons. The van der Waals surface area contributed by atoms with E-state index in [-0.39, 0.29) is 5.56 Å². The summed E-state index contributed by atoms with van der Waals surface area (Å²) >= 11 is 0. The van der Waals surface area contributed by atoms with Gasteiger partial charge in [0.2, 0.25) is 0 Å². The molecule has 2 aliphatic rings. The summed E-state index contributed by atoms with van der Waals surface area (Å²) in [4.78, 5) is 19.0. The van der Waals surface area contributed by atoms with Crippen molar-refractivity contribution in [3.63, 3.8) is 0 Å². The van der Waals surface area contributed by atoms with Crippen molar-refractivity contribution in [3.05, 3.63) is 22.2 Å². The van der Waals surface area contributed by atoms with E-state index in [4.69, 9.17) is 0 Å². The van der Waals surface area contributed by atoms with E-state index in [9.17, 15) is 4.79 Å². The van der Waals surface area contributed by atoms with E-state index in [1.807, 2.05) is 0 Å². The maximum absolute atomic E-state index is 11.6. The molecule has 1 aromatic rings. The molecule has 98 valence electrons. The van der Waals surface area contributed by atoms with Gasteiger partial charge in [-0.2, -0.15) is 0 Å². The predicted octanol–water partition coefficient (Wildman–Crippen LogP) is 1.20. The monoisotopic (exact) mass is 248 g/mol. The summed E-state index contributed by atoms with van der Waals surface area (Å²) < 4.78 is 0. The summed E-state index contributed by atoms with van der Waals surface area (Å²) in [5.41, 5.74) is -0.0502. The van der Waals surface area contributed by atoms with E-state index >= 15 is 0 Å². The molecule has 18 heavy (non-hydrogen) atoms. The van der Waals surface area contributed by atoms with Crippen LogP contribution in [0.4, 0.5) is 5.82 Å². The molecule has 1 saturated heterocycles. The van der Waals surface area contributed by atoms with Gasteiger partial charge in [-0.3, -0.25) is 4.79 Å². The lowest BCUT2D eigenvalue weighted by molar-refractivity contribution is 0.388. The first-order valence-electron chi connectivity index (χ1n) is 6.83. The molecule has 2 heterocycles. The zero-order valence-corrected chi connectivity index (χ0v) is 10.7. The number of hydrogen-bond donors (Lipinski definition) is 3. The van der Waals surface area contributed by atoms with Crippen LogP contribution >= 0.6 is 0 Å². The van der Waals surface area contributed by atoms with Crippen molar-refractivity contribution < 1.29 is 0 Å². The lowest BCUT2D eigenvalue weighted by atomic mass is 10.00. The number of nitrogens with zero attached hydrogens (tertiary/aromatic N) is 1. The first-order chi connectivity index (χ1) is 8.72. The van der Waals surface area contributed by atoms with Gasteiger partial charge in [0.1, 0.15) is 11.6 Å². The van der Waals surface area contributed by atoms with E-state index in [2.05, 4.69) is 27.5 Å². The summed E-state index contributed by atoms with van der Waals surface area (Å²) in [7, 11) is 0. The van der Waals surface area contributed by atoms with Crippen LogP contribution in [-0.2, 0) is 0 Å². The fourth-order valence-electron chi connectivity index (χ4n) is 2.53. The third-order valence-corrected chi connectivity index (χ3v) is 3.82. The van der Waals surface area contributed by atoms with Gasteiger partial charge in [-0.25, -0.2) is 4.98 Å². The Bertz CT molecular complexity index is 480. The highest BCUT2D eigenvalue weighted by Gasteiger charge is 2.27. The first-order valence-corrected chi connectivity index (χ1v) is 6.83. The molecule has 2 atom stereocenters. The number of nitrogens with one attached hydrogen (secondary N) is 3. The Morgan fingerprint density at radius 1 is 1.39 bits per heavy atom. The molecule has 5 heteroatoms. The quantitative estimate of drug-likeness (QED) is 0.751. The average molecular weight is 248 g/mol. The largest absolute Gasteiger partial charge is 0.366 e. The molecule has 2 fully saturated rings. The maximum atomic E-state index is 11.6. The number of hydrogen-bond acceptors (Lipinski definition) is 4. The van der Waals surface area contributed by atoms with Gasteiger partial charge in [0.15, 0.2) is 0 Å². The lowest BCUT2D eigenvalue weighted by Gasteiger charge is -2.31. The predicted molar refractivity (Wildman–Crippen MR) is 70.9 cm³/mol. The average Bonchev–Trinajstić information content (AvgIpc) is 3.15. The Kier molecular flexibility index (Phi) is 3.07. The second-order valence-corrected chi connectivity index (χ2v) is 5.43. The molecule has 1 aromatic heterocycles. The molecule has 1 saturated carbocycles. The van der Waals surface area contributed by atoms with Crippen LogP contribution < -0.4 is 16.2 Å². The van der Waals surface area contributed by atoms with E-state index in [0.717, 1.165) is 37.4 Å². The van der Waals surface area contributed by atoms with Crippen molar-refractivity contribution in [1.29, 1.82) is 0 Å². The van der Waals surface area contributed by atoms with Crippen LogP contribution in [-0.4, -0.2) is 28.6 Å². The zero-order valence-electron chi connectivity index (χ0n) is 10.7. The van der Waals surface area contributed by atoms with Gasteiger partial charge in [0.05, 0.1) is 0 Å². The highest BCUT2D eigenvalue weighted by atomic mass is 16.1. The van der Waals surface area contributed by atoms with Gasteiger partial charge in [-0.15, -0.1) is 0 Å². The fraction of sp³-hybridized carbons (Fsp3) is 0.692. The van der Waals surface area contributed by atoms with Crippen molar-refractivity contribution in [2.24, 2.45) is 0 Å². The molecule has 1 aliphatic carbocycles. The maximum Gasteiger partial charge on any atom is 0.252 e. The van der Waals surface area contributed by atoms with Crippen molar-refractivity contribution in [2.45, 2.75) is 50.6 Å². The Labute approximate surface area is 106 Å². The Balaban J connectivity index is 1.76. The number of anilines is 1. The van der Waals surface area contributed by atoms with Gasteiger partial charge in [-0.1, -0.05) is 0 Å². The summed E-state index contributed by atoms with van der Waals surface area (Å²) in [6.45, 7) is 3.25. The zero-order chi connectivity index (χ0) is 12.5. The number of aromatic amines is 1. The molecule has 0 aromatic carbocycles. The van der Waals surface area contributed by atoms with Gasteiger partial charge < -0.3 is 15.6 Å². The number of piperidine rings is 1. The summed E-state index contributed by atoms with van der Waals surface area (Å²) in [6.07, 6.45) is 4.59. The van der Waals surface area contributed by atoms with Gasteiger partial charge >= 0.3 is 0 Å². The Morgan fingerprint density at radius 3 is 2.94 bits per heavy atom. The molecule has 3 rings (SSSR count). The normalized spacial score (nSPS) is 28.1. The van der Waals surface area contributed by atoms with Crippen LogP contribution in [0.1, 0.15) is 44.3 Å². The molecule has 5 nitrogen and oxygen atoms in total. The molecular weight excluding hydrogens is 228 g/mol. The molecule has 1 aliphatic heterocycles. The van der Waals surface area contributed by atoms with Crippen molar-refractivity contribution in [1.82, 2.24) is 15.3 Å². The van der Waals surface area contributed by atoms with Crippen LogP contribution in [0, 0.1) is 0 Å². The van der Waals surface area contributed by atoms with Crippen LogP contribution in [0.25, 0.3) is 0 Å². The van der Waals surface area contributed by atoms with Gasteiger partial charge in [-0.05, 0) is 39.2 Å². The molecule has 2 unspecified atom stereocenters. The number of aromatic nitrogens is 2. The van der Waals surface area contributed by atoms with E-state index in [1.54, 1.807) is 6.07 Å². The SMILES string of the molecule is CC1NCCCC1Nc1cc(=O)[nH]c(C2CC2)n1. The highest BCUT2D eigenvalue weighted by molar-refractivity contribution is 5.36. The van der Waals surface area contributed by atoms with Gasteiger partial charge in [0.25, 0.3) is 5.56 Å². The lowest BCUT2D eigenvalue weighted by Crippen LogP contribution is -2.46. The van der Waals surface area contributed by atoms with E-state index in [0.29, 0.717) is 18.0 Å². The molecule has 0 spiro atoms. The van der Waals surface area contributed by atoms with Crippen LogP contribution in [0.5, 0.6) is 0 Å². The minimum Gasteiger partial charge on any atom is -0.366 e. The first kappa shape index (κ1) is 11.7. The van der Waals surface area contributed by atoms with Crippen LogP contribution in [0.15, 0.2) is 10.9 Å². The van der Waals surface area contributed by atoms with Crippen molar-refractivity contribution in [2.75, 3.05) is 11.9 Å². The smallest absolute Gasteiger partial charge is 0.252 e. The Hall–Kier alpha value is -1.36. The molecule has 0 amide bonds. The van der Waals surface area contributed by atoms with E-state index in [1.165, 1.54) is 6.42 Å². The molecular formula is C13H20N4O. The summed E-state index contributed by atoms with van der Waals surface area (Å²) in [6, 6.07) is 2.34. The standard InChI is InChI=1S/C13H20N4O/c1-8-10(3-2-6-14-8)15-11-7-12(18)17-13(16-11)9-4-5-9/h7-10,14H,2-6H2,1H3,(H2,15,16,17,18). The third-order valence-electron chi connectivity index (χ3n) is 3.82. The Morgan fingerprint density at radius 2 is 2.22 bits per heavy atom. The topological polar surface area (TPSA) is 69.8 Å². The van der Waals surface area contributed by atoms with Crippen LogP contribution in [0.3, 0.4) is 0 Å². The second-order valence-electron chi connectivity index (χ2n) is 5.43.